The molecule has 4 aromatic carbocycles. The zero-order chi connectivity index (χ0) is 26.8. The van der Waals surface area contributed by atoms with E-state index in [0.29, 0.717) is 18.0 Å². The van der Waals surface area contributed by atoms with Gasteiger partial charge in [-0.15, -0.1) is 13.2 Å². The summed E-state index contributed by atoms with van der Waals surface area (Å²) < 4.78 is 74.7. The number of hydrogen-bond donors (Lipinski definition) is 1. The Labute approximate surface area is 217 Å². The summed E-state index contributed by atoms with van der Waals surface area (Å²) in [6.45, 7) is 0.629. The highest BCUT2D eigenvalue weighted by molar-refractivity contribution is 7.92. The van der Waals surface area contributed by atoms with E-state index >= 15 is 0 Å². The first-order valence-corrected chi connectivity index (χ1v) is 13.0. The number of anilines is 1. The van der Waals surface area contributed by atoms with Crippen LogP contribution in [-0.4, -0.2) is 27.0 Å². The maximum absolute atomic E-state index is 12.7. The predicted octanol–water partition coefficient (Wildman–Crippen LogP) is 6.57. The Bertz CT molecular complexity index is 1570. The molecule has 0 saturated heterocycles. The third kappa shape index (κ3) is 5.97. The average molecular weight is 539 g/mol. The summed E-state index contributed by atoms with van der Waals surface area (Å²) in [6.07, 6.45) is -4.06. The van der Waals surface area contributed by atoms with Gasteiger partial charge >= 0.3 is 6.36 Å². The van der Waals surface area contributed by atoms with E-state index in [1.165, 1.54) is 0 Å². The fraction of sp³-hybridized carbons (Fsp3) is 0.107. The first-order chi connectivity index (χ1) is 18.2. The van der Waals surface area contributed by atoms with Crippen molar-refractivity contribution in [2.45, 2.75) is 17.7 Å². The predicted molar refractivity (Wildman–Crippen MR) is 138 cm³/mol. The number of alkyl halides is 3. The van der Waals surface area contributed by atoms with Gasteiger partial charge in [-0.25, -0.2) is 8.42 Å². The smallest absolute Gasteiger partial charge is 0.457 e. The molecule has 1 N–H and O–H groups in total. The number of rotatable bonds is 7. The number of ether oxygens (including phenoxy) is 2. The molecule has 1 aliphatic rings. The Kier molecular flexibility index (Phi) is 6.81. The van der Waals surface area contributed by atoms with Crippen molar-refractivity contribution in [2.24, 2.45) is 4.99 Å². The fourth-order valence-corrected chi connectivity index (χ4v) is 5.09. The van der Waals surface area contributed by atoms with Gasteiger partial charge in [0.15, 0.2) is 0 Å². The largest absolute Gasteiger partial charge is 0.573 e. The van der Waals surface area contributed by atoms with Crippen molar-refractivity contribution in [3.05, 3.63) is 114 Å². The highest BCUT2D eigenvalue weighted by Gasteiger charge is 2.31. The van der Waals surface area contributed by atoms with Gasteiger partial charge in [0.05, 0.1) is 10.6 Å². The van der Waals surface area contributed by atoms with Crippen molar-refractivity contribution in [3.8, 4) is 17.2 Å². The van der Waals surface area contributed by atoms with E-state index in [-0.39, 0.29) is 4.90 Å². The van der Waals surface area contributed by atoms with Crippen LogP contribution in [0.3, 0.4) is 0 Å². The van der Waals surface area contributed by atoms with Crippen LogP contribution < -0.4 is 14.2 Å². The summed E-state index contributed by atoms with van der Waals surface area (Å²) in [5.41, 5.74) is 3.96. The molecule has 194 valence electrons. The average Bonchev–Trinajstić information content (AvgIpc) is 2.89. The Morgan fingerprint density at radius 3 is 2.16 bits per heavy atom. The molecule has 5 rings (SSSR count). The molecule has 0 unspecified atom stereocenters. The zero-order valence-electron chi connectivity index (χ0n) is 19.8. The topological polar surface area (TPSA) is 77.0 Å². The minimum absolute atomic E-state index is 0.201. The van der Waals surface area contributed by atoms with E-state index in [4.69, 9.17) is 9.73 Å². The number of aliphatic imine (C=N–C) groups is 1. The van der Waals surface area contributed by atoms with Crippen LogP contribution in [0.4, 0.5) is 18.9 Å². The number of benzene rings is 4. The van der Waals surface area contributed by atoms with Gasteiger partial charge in [0.2, 0.25) is 0 Å². The fourth-order valence-electron chi connectivity index (χ4n) is 4.03. The van der Waals surface area contributed by atoms with Gasteiger partial charge in [0.25, 0.3) is 10.0 Å². The van der Waals surface area contributed by atoms with Crippen LogP contribution in [-0.2, 0) is 16.4 Å². The van der Waals surface area contributed by atoms with Crippen LogP contribution in [0, 0.1) is 0 Å². The number of halogens is 3. The van der Waals surface area contributed by atoms with Crippen molar-refractivity contribution in [2.75, 3.05) is 11.3 Å². The van der Waals surface area contributed by atoms with Crippen LogP contribution >= 0.6 is 0 Å². The third-order valence-electron chi connectivity index (χ3n) is 5.74. The van der Waals surface area contributed by atoms with Crippen LogP contribution in [0.15, 0.2) is 107 Å². The molecule has 0 amide bonds. The number of hydrogen-bond acceptors (Lipinski definition) is 5. The minimum Gasteiger partial charge on any atom is -0.457 e. The van der Waals surface area contributed by atoms with Crippen molar-refractivity contribution < 1.29 is 31.1 Å². The standard InChI is InChI=1S/C28H21F3N2O4S/c29-28(30,31)37-23-12-14-25(15-13-23)38(34,35)33-21-9-6-20(7-10-21)27-26-18-24(11-8-19(26)16-17-32-27)36-22-4-2-1-3-5-22/h1-15,18,33H,16-17H2. The van der Waals surface area contributed by atoms with Crippen LogP contribution in [0.25, 0.3) is 0 Å². The molecule has 0 bridgehead atoms. The van der Waals surface area contributed by atoms with Crippen molar-refractivity contribution >= 4 is 21.4 Å². The summed E-state index contributed by atoms with van der Waals surface area (Å²) in [4.78, 5) is 4.50. The Hall–Kier alpha value is -4.31. The van der Waals surface area contributed by atoms with E-state index in [9.17, 15) is 21.6 Å². The van der Waals surface area contributed by atoms with Gasteiger partial charge in [-0.1, -0.05) is 36.4 Å². The Morgan fingerprint density at radius 2 is 1.47 bits per heavy atom. The number of fused-ring (bicyclic) bond motifs is 1. The molecule has 1 aliphatic heterocycles. The van der Waals surface area contributed by atoms with Gasteiger partial charge < -0.3 is 9.47 Å². The molecule has 0 aromatic heterocycles. The van der Waals surface area contributed by atoms with Crippen molar-refractivity contribution in [1.82, 2.24) is 0 Å². The van der Waals surface area contributed by atoms with Gasteiger partial charge in [-0.05, 0) is 72.6 Å². The van der Waals surface area contributed by atoms with Crippen LogP contribution in [0.5, 0.6) is 17.2 Å². The van der Waals surface area contributed by atoms with Gasteiger partial charge in [0.1, 0.15) is 17.2 Å². The quantitative estimate of drug-likeness (QED) is 0.289. The van der Waals surface area contributed by atoms with Crippen LogP contribution in [0.1, 0.15) is 16.7 Å². The lowest BCUT2D eigenvalue weighted by Crippen LogP contribution is -2.17. The zero-order valence-corrected chi connectivity index (χ0v) is 20.6. The molecule has 0 aliphatic carbocycles. The molecule has 0 atom stereocenters. The normalized spacial score (nSPS) is 13.3. The molecule has 10 heteroatoms. The minimum atomic E-state index is -4.86. The number of nitrogens with zero attached hydrogens (tertiary/aromatic N) is 1. The lowest BCUT2D eigenvalue weighted by atomic mass is 9.93. The molecular formula is C28H21F3N2O4S. The molecule has 4 aromatic rings. The summed E-state index contributed by atoms with van der Waals surface area (Å²) in [5, 5.41) is 0. The Morgan fingerprint density at radius 1 is 0.789 bits per heavy atom. The van der Waals surface area contributed by atoms with E-state index in [0.717, 1.165) is 58.8 Å². The molecule has 0 fully saturated rings. The second-order valence-corrected chi connectivity index (χ2v) is 10.1. The number of nitrogens with one attached hydrogen (secondary N) is 1. The molecule has 38 heavy (non-hydrogen) atoms. The summed E-state index contributed by atoms with van der Waals surface area (Å²) in [7, 11) is -4.03. The highest BCUT2D eigenvalue weighted by Crippen LogP contribution is 2.29. The molecule has 1 heterocycles. The van der Waals surface area contributed by atoms with Crippen LogP contribution in [0.2, 0.25) is 0 Å². The second-order valence-electron chi connectivity index (χ2n) is 8.42. The SMILES string of the molecule is O=S(=O)(Nc1ccc(C2=NCCc3ccc(Oc4ccccc4)cc32)cc1)c1ccc(OC(F)(F)F)cc1. The molecule has 0 radical (unpaired) electrons. The number of sulfonamides is 1. The highest BCUT2D eigenvalue weighted by atomic mass is 32.2. The van der Waals surface area contributed by atoms with E-state index < -0.39 is 22.1 Å². The van der Waals surface area contributed by atoms with Gasteiger partial charge in [0, 0.05) is 23.4 Å². The molecular weight excluding hydrogens is 517 g/mol. The Balaban J connectivity index is 1.33. The molecule has 0 spiro atoms. The first kappa shape index (κ1) is 25.3. The summed E-state index contributed by atoms with van der Waals surface area (Å²) in [5.74, 6) is 0.896. The second kappa shape index (κ2) is 10.2. The van der Waals surface area contributed by atoms with Gasteiger partial charge in [-0.3, -0.25) is 9.71 Å². The molecule has 0 saturated carbocycles. The van der Waals surface area contributed by atoms with Crippen molar-refractivity contribution in [1.29, 1.82) is 0 Å². The maximum Gasteiger partial charge on any atom is 0.573 e. The monoisotopic (exact) mass is 538 g/mol. The first-order valence-electron chi connectivity index (χ1n) is 11.6. The summed E-state index contributed by atoms with van der Waals surface area (Å²) in [6, 6.07) is 26.1. The van der Waals surface area contributed by atoms with Gasteiger partial charge in [-0.2, -0.15) is 0 Å². The molecule has 6 nitrogen and oxygen atoms in total. The lowest BCUT2D eigenvalue weighted by Gasteiger charge is -2.19. The van der Waals surface area contributed by atoms with E-state index in [2.05, 4.69) is 9.46 Å². The third-order valence-corrected chi connectivity index (χ3v) is 7.14. The van der Waals surface area contributed by atoms with E-state index in [1.807, 2.05) is 48.5 Å². The maximum atomic E-state index is 12.7. The lowest BCUT2D eigenvalue weighted by molar-refractivity contribution is -0.274. The summed E-state index contributed by atoms with van der Waals surface area (Å²) >= 11 is 0. The number of para-hydroxylation sites is 1. The van der Waals surface area contributed by atoms with Crippen molar-refractivity contribution in [3.63, 3.8) is 0 Å². The van der Waals surface area contributed by atoms with E-state index in [1.54, 1.807) is 24.3 Å².